The third kappa shape index (κ3) is 3.96. The zero-order valence-corrected chi connectivity index (χ0v) is 12.7. The van der Waals surface area contributed by atoms with Crippen LogP contribution in [0.4, 0.5) is 5.69 Å². The predicted octanol–water partition coefficient (Wildman–Crippen LogP) is 3.46. The fourth-order valence-corrected chi connectivity index (χ4v) is 3.23. The number of hydrogen-bond donors (Lipinski definition) is 1. The molecule has 0 unspecified atom stereocenters. The monoisotopic (exact) mass is 296 g/mol. The molecule has 1 aromatic heterocycles. The van der Waals surface area contributed by atoms with Gasteiger partial charge in [0.15, 0.2) is 11.5 Å². The van der Waals surface area contributed by atoms with E-state index in [2.05, 4.69) is 16.6 Å². The van der Waals surface area contributed by atoms with Crippen LogP contribution in [0.15, 0.2) is 22.6 Å². The topological polar surface area (TPSA) is 72.2 Å². The van der Waals surface area contributed by atoms with Gasteiger partial charge < -0.3 is 4.42 Å². The van der Waals surface area contributed by atoms with E-state index in [9.17, 15) is 8.42 Å². The summed E-state index contributed by atoms with van der Waals surface area (Å²) in [5, 5.41) is 0. The molecule has 1 aromatic carbocycles. The Kier molecular flexibility index (Phi) is 4.65. The van der Waals surface area contributed by atoms with Gasteiger partial charge in [0, 0.05) is 6.92 Å². The van der Waals surface area contributed by atoms with E-state index >= 15 is 0 Å². The molecule has 2 rings (SSSR count). The van der Waals surface area contributed by atoms with Crippen LogP contribution in [0.3, 0.4) is 0 Å². The van der Waals surface area contributed by atoms with Gasteiger partial charge >= 0.3 is 0 Å². The Morgan fingerprint density at radius 2 is 2.05 bits per heavy atom. The molecule has 5 nitrogen and oxygen atoms in total. The molecule has 0 aliphatic heterocycles. The summed E-state index contributed by atoms with van der Waals surface area (Å²) in [4.78, 5) is 4.19. The summed E-state index contributed by atoms with van der Waals surface area (Å²) in [7, 11) is -3.29. The standard InChI is InChI=1S/C14H20N2O3S/c1-3-4-5-6-9-20(17,18)16-12-7-8-14-13(10-12)15-11(2)19-14/h7-8,10,16H,3-6,9H2,1-2H3. The Morgan fingerprint density at radius 1 is 1.25 bits per heavy atom. The molecule has 0 radical (unpaired) electrons. The van der Waals surface area contributed by atoms with E-state index < -0.39 is 10.0 Å². The zero-order valence-electron chi connectivity index (χ0n) is 11.8. The number of rotatable bonds is 7. The number of unbranched alkanes of at least 4 members (excludes halogenated alkanes) is 3. The van der Waals surface area contributed by atoms with Crippen molar-refractivity contribution < 1.29 is 12.8 Å². The molecule has 0 saturated carbocycles. The Balaban J connectivity index is 2.02. The Bertz CT molecular complexity index is 677. The highest BCUT2D eigenvalue weighted by Crippen LogP contribution is 2.20. The molecule has 0 aliphatic rings. The lowest BCUT2D eigenvalue weighted by molar-refractivity contribution is 0.561. The predicted molar refractivity (Wildman–Crippen MR) is 80.3 cm³/mol. The van der Waals surface area contributed by atoms with Gasteiger partial charge in [0.05, 0.1) is 11.4 Å². The van der Waals surface area contributed by atoms with E-state index in [-0.39, 0.29) is 5.75 Å². The molecule has 0 aliphatic carbocycles. The van der Waals surface area contributed by atoms with Crippen molar-refractivity contribution in [3.63, 3.8) is 0 Å². The van der Waals surface area contributed by atoms with E-state index in [0.29, 0.717) is 29.1 Å². The molecular weight excluding hydrogens is 276 g/mol. The van der Waals surface area contributed by atoms with Gasteiger partial charge in [0.1, 0.15) is 5.52 Å². The van der Waals surface area contributed by atoms with Gasteiger partial charge in [-0.05, 0) is 24.6 Å². The Hall–Kier alpha value is -1.56. The second kappa shape index (κ2) is 6.26. The molecular formula is C14H20N2O3S. The van der Waals surface area contributed by atoms with Crippen molar-refractivity contribution >= 4 is 26.8 Å². The van der Waals surface area contributed by atoms with Crippen molar-refractivity contribution in [2.24, 2.45) is 0 Å². The fourth-order valence-electron chi connectivity index (χ4n) is 2.06. The van der Waals surface area contributed by atoms with Crippen LogP contribution in [0.2, 0.25) is 0 Å². The van der Waals surface area contributed by atoms with Crippen LogP contribution in [0.5, 0.6) is 0 Å². The maximum absolute atomic E-state index is 11.9. The zero-order chi connectivity index (χ0) is 14.6. The molecule has 0 bridgehead atoms. The molecule has 2 aromatic rings. The maximum atomic E-state index is 11.9. The molecule has 0 saturated heterocycles. The van der Waals surface area contributed by atoms with Gasteiger partial charge in [0.2, 0.25) is 10.0 Å². The van der Waals surface area contributed by atoms with Crippen LogP contribution in [0.1, 0.15) is 38.5 Å². The van der Waals surface area contributed by atoms with Gasteiger partial charge in [-0.3, -0.25) is 4.72 Å². The van der Waals surface area contributed by atoms with Crippen LogP contribution in [-0.4, -0.2) is 19.2 Å². The van der Waals surface area contributed by atoms with Crippen LogP contribution < -0.4 is 4.72 Å². The van der Waals surface area contributed by atoms with Gasteiger partial charge in [-0.1, -0.05) is 26.2 Å². The summed E-state index contributed by atoms with van der Waals surface area (Å²) < 4.78 is 31.8. The van der Waals surface area contributed by atoms with Crippen molar-refractivity contribution in [3.05, 3.63) is 24.1 Å². The van der Waals surface area contributed by atoms with Crippen LogP contribution >= 0.6 is 0 Å². The maximum Gasteiger partial charge on any atom is 0.232 e. The number of fused-ring (bicyclic) bond motifs is 1. The summed E-state index contributed by atoms with van der Waals surface area (Å²) in [6.45, 7) is 3.86. The SMILES string of the molecule is CCCCCCS(=O)(=O)Nc1ccc2oc(C)nc2c1. The van der Waals surface area contributed by atoms with Crippen LogP contribution in [-0.2, 0) is 10.0 Å². The number of sulfonamides is 1. The Labute approximate surface area is 119 Å². The van der Waals surface area contributed by atoms with E-state index in [1.54, 1.807) is 25.1 Å². The average Bonchev–Trinajstić information content (AvgIpc) is 2.73. The quantitative estimate of drug-likeness (QED) is 0.794. The first kappa shape index (κ1) is 14.8. The number of aromatic nitrogens is 1. The first-order valence-electron chi connectivity index (χ1n) is 6.88. The summed E-state index contributed by atoms with van der Waals surface area (Å²) in [6, 6.07) is 5.11. The van der Waals surface area contributed by atoms with Gasteiger partial charge in [-0.2, -0.15) is 0 Å². The number of aryl methyl sites for hydroxylation is 1. The first-order valence-corrected chi connectivity index (χ1v) is 8.53. The highest BCUT2D eigenvalue weighted by Gasteiger charge is 2.11. The Morgan fingerprint density at radius 3 is 2.80 bits per heavy atom. The van der Waals surface area contributed by atoms with Crippen LogP contribution in [0, 0.1) is 6.92 Å². The molecule has 20 heavy (non-hydrogen) atoms. The number of oxazole rings is 1. The summed E-state index contributed by atoms with van der Waals surface area (Å²) in [6.07, 6.45) is 3.79. The number of nitrogens with zero attached hydrogens (tertiary/aromatic N) is 1. The number of benzene rings is 1. The number of hydrogen-bond acceptors (Lipinski definition) is 4. The minimum absolute atomic E-state index is 0.156. The molecule has 0 atom stereocenters. The van der Waals surface area contributed by atoms with Crippen molar-refractivity contribution in [2.75, 3.05) is 10.5 Å². The lowest BCUT2D eigenvalue weighted by Crippen LogP contribution is -2.16. The van der Waals surface area contributed by atoms with Crippen LogP contribution in [0.25, 0.3) is 11.1 Å². The largest absolute Gasteiger partial charge is 0.441 e. The van der Waals surface area contributed by atoms with Gasteiger partial charge in [-0.15, -0.1) is 0 Å². The van der Waals surface area contributed by atoms with Crippen molar-refractivity contribution in [2.45, 2.75) is 39.5 Å². The molecule has 1 heterocycles. The molecule has 0 amide bonds. The highest BCUT2D eigenvalue weighted by atomic mass is 32.2. The van der Waals surface area contributed by atoms with Crippen molar-refractivity contribution in [3.8, 4) is 0 Å². The molecule has 110 valence electrons. The van der Waals surface area contributed by atoms with Gasteiger partial charge in [-0.25, -0.2) is 13.4 Å². The summed E-state index contributed by atoms with van der Waals surface area (Å²) >= 11 is 0. The smallest absolute Gasteiger partial charge is 0.232 e. The second-order valence-corrected chi connectivity index (χ2v) is 6.74. The normalized spacial score (nSPS) is 11.9. The minimum Gasteiger partial charge on any atom is -0.441 e. The third-order valence-electron chi connectivity index (χ3n) is 3.03. The van der Waals surface area contributed by atoms with Crippen molar-refractivity contribution in [1.29, 1.82) is 0 Å². The second-order valence-electron chi connectivity index (χ2n) is 4.90. The summed E-state index contributed by atoms with van der Waals surface area (Å²) in [5.74, 6) is 0.725. The van der Waals surface area contributed by atoms with Crippen molar-refractivity contribution in [1.82, 2.24) is 4.98 Å². The van der Waals surface area contributed by atoms with E-state index in [1.807, 2.05) is 0 Å². The van der Waals surface area contributed by atoms with E-state index in [0.717, 1.165) is 19.3 Å². The highest BCUT2D eigenvalue weighted by molar-refractivity contribution is 7.92. The molecule has 0 spiro atoms. The number of anilines is 1. The first-order chi connectivity index (χ1) is 9.50. The molecule has 6 heteroatoms. The summed E-state index contributed by atoms with van der Waals surface area (Å²) in [5.41, 5.74) is 1.85. The number of nitrogens with one attached hydrogen (secondary N) is 1. The lowest BCUT2D eigenvalue weighted by Gasteiger charge is -2.07. The third-order valence-corrected chi connectivity index (χ3v) is 4.41. The molecule has 0 fully saturated rings. The van der Waals surface area contributed by atoms with Gasteiger partial charge in [0.25, 0.3) is 0 Å². The van der Waals surface area contributed by atoms with E-state index in [4.69, 9.17) is 4.42 Å². The fraction of sp³-hybridized carbons (Fsp3) is 0.500. The minimum atomic E-state index is -3.29. The molecule has 1 N–H and O–H groups in total. The lowest BCUT2D eigenvalue weighted by atomic mass is 10.2. The average molecular weight is 296 g/mol. The van der Waals surface area contributed by atoms with E-state index in [1.165, 1.54) is 0 Å².